The lowest BCUT2D eigenvalue weighted by atomic mass is 9.91. The van der Waals surface area contributed by atoms with Crippen LogP contribution in [0.2, 0.25) is 0 Å². The number of aliphatic hydroxyl groups is 1. The van der Waals surface area contributed by atoms with Gasteiger partial charge >= 0.3 is 0 Å². The average molecular weight is 251 g/mol. The zero-order valence-electron chi connectivity index (χ0n) is 11.1. The van der Waals surface area contributed by atoms with E-state index < -0.39 is 6.10 Å². The van der Waals surface area contributed by atoms with Crippen LogP contribution in [0.1, 0.15) is 31.9 Å². The highest BCUT2D eigenvalue weighted by molar-refractivity contribution is 5.18. The molecule has 3 unspecified atom stereocenters. The summed E-state index contributed by atoms with van der Waals surface area (Å²) in [4.78, 5) is 2.31. The predicted octanol–water partition coefficient (Wildman–Crippen LogP) is 2.84. The van der Waals surface area contributed by atoms with Crippen LogP contribution in [0.25, 0.3) is 0 Å². The first-order chi connectivity index (χ1) is 8.54. The summed E-state index contributed by atoms with van der Waals surface area (Å²) in [5.41, 5.74) is 0.794. The molecule has 1 aromatic rings. The zero-order valence-corrected chi connectivity index (χ0v) is 11.1. The van der Waals surface area contributed by atoms with Gasteiger partial charge in [0.2, 0.25) is 0 Å². The molecule has 0 bridgehead atoms. The number of rotatable bonds is 3. The van der Waals surface area contributed by atoms with E-state index in [1.54, 1.807) is 12.1 Å². The van der Waals surface area contributed by atoms with Crippen LogP contribution in [0.3, 0.4) is 0 Å². The molecule has 1 saturated heterocycles. The molecule has 100 valence electrons. The fourth-order valence-electron chi connectivity index (χ4n) is 2.98. The zero-order chi connectivity index (χ0) is 13.1. The van der Waals surface area contributed by atoms with E-state index in [1.165, 1.54) is 18.6 Å². The van der Waals surface area contributed by atoms with Gasteiger partial charge in [0.15, 0.2) is 0 Å². The summed E-state index contributed by atoms with van der Waals surface area (Å²) in [7, 11) is 0. The van der Waals surface area contributed by atoms with Gasteiger partial charge in [-0.3, -0.25) is 4.90 Å². The molecule has 0 spiro atoms. The molecule has 3 heteroatoms. The molecule has 1 heterocycles. The Morgan fingerprint density at radius 2 is 1.78 bits per heavy atom. The predicted molar refractivity (Wildman–Crippen MR) is 70.7 cm³/mol. The Morgan fingerprint density at radius 1 is 1.22 bits per heavy atom. The number of nitrogens with zero attached hydrogens (tertiary/aromatic N) is 1. The maximum Gasteiger partial charge on any atom is 0.123 e. The van der Waals surface area contributed by atoms with Crippen molar-refractivity contribution in [1.29, 1.82) is 0 Å². The number of aliphatic hydroxyl groups excluding tert-OH is 1. The smallest absolute Gasteiger partial charge is 0.123 e. The van der Waals surface area contributed by atoms with Gasteiger partial charge in [0, 0.05) is 19.6 Å². The van der Waals surface area contributed by atoms with E-state index in [1.807, 2.05) is 0 Å². The van der Waals surface area contributed by atoms with Crippen LogP contribution in [0.4, 0.5) is 4.39 Å². The molecule has 0 radical (unpaired) electrons. The summed E-state index contributed by atoms with van der Waals surface area (Å²) in [6.45, 7) is 7.24. The van der Waals surface area contributed by atoms with Crippen molar-refractivity contribution < 1.29 is 9.50 Å². The van der Waals surface area contributed by atoms with Crippen LogP contribution >= 0.6 is 0 Å². The normalized spacial score (nSPS) is 27.1. The summed E-state index contributed by atoms with van der Waals surface area (Å²) in [5.74, 6) is 1.12. The van der Waals surface area contributed by atoms with E-state index in [0.717, 1.165) is 18.7 Å². The van der Waals surface area contributed by atoms with Crippen molar-refractivity contribution >= 4 is 0 Å². The second-order valence-corrected chi connectivity index (χ2v) is 5.73. The molecule has 1 aliphatic rings. The molecule has 1 aliphatic heterocycles. The molecule has 0 aliphatic carbocycles. The van der Waals surface area contributed by atoms with Gasteiger partial charge in [0.25, 0.3) is 0 Å². The quantitative estimate of drug-likeness (QED) is 0.893. The molecular weight excluding hydrogens is 229 g/mol. The largest absolute Gasteiger partial charge is 0.387 e. The molecule has 1 fully saturated rings. The molecule has 18 heavy (non-hydrogen) atoms. The monoisotopic (exact) mass is 251 g/mol. The molecule has 0 amide bonds. The van der Waals surface area contributed by atoms with Crippen LogP contribution in [0, 0.1) is 17.7 Å². The van der Waals surface area contributed by atoms with Crippen molar-refractivity contribution in [3.63, 3.8) is 0 Å². The summed E-state index contributed by atoms with van der Waals surface area (Å²) in [5, 5.41) is 10.2. The minimum absolute atomic E-state index is 0.258. The van der Waals surface area contributed by atoms with Gasteiger partial charge in [0.05, 0.1) is 6.10 Å². The second-order valence-electron chi connectivity index (χ2n) is 5.73. The molecule has 0 aromatic heterocycles. The highest BCUT2D eigenvalue weighted by atomic mass is 19.1. The van der Waals surface area contributed by atoms with Crippen molar-refractivity contribution in [2.45, 2.75) is 26.4 Å². The highest BCUT2D eigenvalue weighted by Gasteiger charge is 2.23. The Labute approximate surface area is 108 Å². The third-order valence-electron chi connectivity index (χ3n) is 3.63. The first-order valence-electron chi connectivity index (χ1n) is 6.70. The van der Waals surface area contributed by atoms with Crippen LogP contribution in [0.5, 0.6) is 0 Å². The Morgan fingerprint density at radius 3 is 2.33 bits per heavy atom. The third-order valence-corrected chi connectivity index (χ3v) is 3.63. The molecule has 1 N–H and O–H groups in total. The first kappa shape index (κ1) is 13.5. The van der Waals surface area contributed by atoms with Gasteiger partial charge in [-0.05, 0) is 36.0 Å². The fourth-order valence-corrected chi connectivity index (χ4v) is 2.98. The lowest BCUT2D eigenvalue weighted by Crippen LogP contribution is -2.40. The standard InChI is InChI=1S/C15H22FNO/c1-11-7-12(2)9-17(8-11)10-15(18)13-3-5-14(16)6-4-13/h3-6,11-12,15,18H,7-10H2,1-2H3. The summed E-state index contributed by atoms with van der Waals surface area (Å²) in [6, 6.07) is 6.13. The Bertz CT molecular complexity index is 369. The van der Waals surface area contributed by atoms with Crippen molar-refractivity contribution in [2.75, 3.05) is 19.6 Å². The molecule has 0 saturated carbocycles. The summed E-state index contributed by atoms with van der Waals surface area (Å²) in [6.07, 6.45) is 0.742. The molecule has 3 atom stereocenters. The number of halogens is 1. The summed E-state index contributed by atoms with van der Waals surface area (Å²) < 4.78 is 12.8. The van der Waals surface area contributed by atoms with E-state index in [9.17, 15) is 9.50 Å². The second kappa shape index (κ2) is 5.81. The van der Waals surface area contributed by atoms with E-state index in [4.69, 9.17) is 0 Å². The Hall–Kier alpha value is -0.930. The number of hydrogen-bond acceptors (Lipinski definition) is 2. The average Bonchev–Trinajstić information content (AvgIpc) is 2.28. The minimum atomic E-state index is -0.525. The van der Waals surface area contributed by atoms with Crippen LogP contribution < -0.4 is 0 Å². The first-order valence-corrected chi connectivity index (χ1v) is 6.70. The molecule has 1 aromatic carbocycles. The molecule has 2 nitrogen and oxygen atoms in total. The molecular formula is C15H22FNO. The van der Waals surface area contributed by atoms with Crippen molar-refractivity contribution in [3.05, 3.63) is 35.6 Å². The lowest BCUT2D eigenvalue weighted by Gasteiger charge is -2.36. The van der Waals surface area contributed by atoms with Gasteiger partial charge in [-0.15, -0.1) is 0 Å². The number of hydrogen-bond donors (Lipinski definition) is 1. The van der Waals surface area contributed by atoms with E-state index >= 15 is 0 Å². The van der Waals surface area contributed by atoms with Gasteiger partial charge in [-0.25, -0.2) is 4.39 Å². The fraction of sp³-hybridized carbons (Fsp3) is 0.600. The minimum Gasteiger partial charge on any atom is -0.387 e. The van der Waals surface area contributed by atoms with Crippen molar-refractivity contribution in [3.8, 4) is 0 Å². The van der Waals surface area contributed by atoms with Gasteiger partial charge in [0.1, 0.15) is 5.82 Å². The Kier molecular flexibility index (Phi) is 4.36. The molecule has 2 rings (SSSR count). The van der Waals surface area contributed by atoms with E-state index in [2.05, 4.69) is 18.7 Å². The highest BCUT2D eigenvalue weighted by Crippen LogP contribution is 2.23. The topological polar surface area (TPSA) is 23.5 Å². The van der Waals surface area contributed by atoms with E-state index in [0.29, 0.717) is 18.4 Å². The maximum absolute atomic E-state index is 12.8. The van der Waals surface area contributed by atoms with Crippen LogP contribution in [-0.2, 0) is 0 Å². The van der Waals surface area contributed by atoms with Crippen LogP contribution in [0.15, 0.2) is 24.3 Å². The van der Waals surface area contributed by atoms with Gasteiger partial charge in [-0.2, -0.15) is 0 Å². The summed E-state index contributed by atoms with van der Waals surface area (Å²) >= 11 is 0. The SMILES string of the molecule is CC1CC(C)CN(CC(O)c2ccc(F)cc2)C1. The third kappa shape index (κ3) is 3.53. The van der Waals surface area contributed by atoms with Crippen molar-refractivity contribution in [2.24, 2.45) is 11.8 Å². The van der Waals surface area contributed by atoms with Gasteiger partial charge < -0.3 is 5.11 Å². The Balaban J connectivity index is 1.94. The number of piperidine rings is 1. The van der Waals surface area contributed by atoms with E-state index in [-0.39, 0.29) is 5.82 Å². The number of benzene rings is 1. The maximum atomic E-state index is 12.8. The van der Waals surface area contributed by atoms with Crippen molar-refractivity contribution in [1.82, 2.24) is 4.90 Å². The number of β-amino-alcohol motifs (C(OH)–C–C–N with tert-alkyl or cyclic N) is 1. The van der Waals surface area contributed by atoms with Gasteiger partial charge in [-0.1, -0.05) is 26.0 Å². The number of likely N-dealkylation sites (tertiary alicyclic amines) is 1. The van der Waals surface area contributed by atoms with Crippen LogP contribution in [-0.4, -0.2) is 29.6 Å². The lowest BCUT2D eigenvalue weighted by molar-refractivity contribution is 0.0699.